The van der Waals surface area contributed by atoms with E-state index in [0.29, 0.717) is 17.9 Å². The smallest absolute Gasteiger partial charge is 0.407 e. The lowest BCUT2D eigenvalue weighted by Crippen LogP contribution is -2.48. The van der Waals surface area contributed by atoms with Crippen molar-refractivity contribution in [2.24, 2.45) is 0 Å². The Morgan fingerprint density at radius 1 is 0.600 bits per heavy atom. The van der Waals surface area contributed by atoms with Gasteiger partial charge in [-0.15, -0.1) is 11.8 Å². The van der Waals surface area contributed by atoms with E-state index in [4.69, 9.17) is 23.8 Å². The number of rotatable bonds is 21. The first-order chi connectivity index (χ1) is 30.1. The molecule has 0 heterocycles. The lowest BCUT2D eigenvalue weighted by molar-refractivity contribution is -0.147. The van der Waals surface area contributed by atoms with Crippen LogP contribution in [-0.2, 0) is 43.9 Å². The fourth-order valence-corrected chi connectivity index (χ4v) is 7.15. The standard InChI is InChI=1S/C24H37N3O7S.C20H28N2O7S/c1-8-9-17-32-18-12-14-19(15-13-18)35(30,31)27-20(21(28)26-34-24(5,6)7)11-10-16-25-22(29)33-23(2,3)4;1-5-6-14-28-15-9-11-16(12-10-15)30(26,27)22-17(18(23)24)8-7-13-21-19(25)29-20(2,3)4/h12-15,20,27H,10-11,16-17H2,1-7H3,(H,25,29)(H,26,28);9-12,17,22H,7-8,13-14H2,1-4H3,(H,21,25)(H,23,24)/t20-;17-/m11/s1. The summed E-state index contributed by atoms with van der Waals surface area (Å²) in [6.07, 6.45) is -0.582. The third-order valence-electron chi connectivity index (χ3n) is 7.59. The minimum Gasteiger partial charge on any atom is -0.481 e. The second kappa shape index (κ2) is 27.0. The number of ether oxygens (including phenoxy) is 4. The fraction of sp³-hybridized carbons (Fsp3) is 0.545. The van der Waals surface area contributed by atoms with E-state index in [9.17, 15) is 41.1 Å². The molecule has 0 aliphatic carbocycles. The summed E-state index contributed by atoms with van der Waals surface area (Å²) < 4.78 is 76.4. The van der Waals surface area contributed by atoms with Crippen LogP contribution in [-0.4, -0.2) is 101 Å². The Morgan fingerprint density at radius 3 is 1.31 bits per heavy atom. The van der Waals surface area contributed by atoms with Crippen LogP contribution >= 0.6 is 0 Å². The third kappa shape index (κ3) is 26.1. The van der Waals surface area contributed by atoms with Crippen molar-refractivity contribution in [3.8, 4) is 35.2 Å². The molecule has 0 aromatic heterocycles. The number of sulfonamides is 2. The first kappa shape index (κ1) is 57.4. The van der Waals surface area contributed by atoms with Crippen molar-refractivity contribution in [1.82, 2.24) is 25.6 Å². The van der Waals surface area contributed by atoms with Gasteiger partial charge in [0.2, 0.25) is 20.0 Å². The molecule has 0 unspecified atom stereocenters. The largest absolute Gasteiger partial charge is 0.481 e. The molecule has 0 spiro atoms. The molecule has 0 aliphatic heterocycles. The Kier molecular flexibility index (Phi) is 23.9. The van der Waals surface area contributed by atoms with Gasteiger partial charge in [0.25, 0.3) is 5.91 Å². The van der Waals surface area contributed by atoms with E-state index in [1.165, 1.54) is 48.5 Å². The van der Waals surface area contributed by atoms with Gasteiger partial charge in [-0.05, 0) is 150 Å². The number of carboxylic acids is 1. The van der Waals surface area contributed by atoms with Crippen LogP contribution in [0.15, 0.2) is 58.3 Å². The number of benzene rings is 2. The van der Waals surface area contributed by atoms with Crippen LogP contribution in [0.25, 0.3) is 0 Å². The summed E-state index contributed by atoms with van der Waals surface area (Å²) >= 11 is 0. The zero-order chi connectivity index (χ0) is 49.5. The highest BCUT2D eigenvalue weighted by Gasteiger charge is 2.28. The van der Waals surface area contributed by atoms with Gasteiger partial charge in [-0.3, -0.25) is 14.4 Å². The molecular weight excluding hydrogens is 887 g/mol. The van der Waals surface area contributed by atoms with Crippen LogP contribution in [0.2, 0.25) is 0 Å². The highest BCUT2D eigenvalue weighted by Crippen LogP contribution is 2.19. The number of carboxylic acid groups (broad SMARTS) is 1. The maximum absolute atomic E-state index is 12.9. The molecule has 19 nitrogen and oxygen atoms in total. The van der Waals surface area contributed by atoms with Crippen LogP contribution < -0.4 is 35.0 Å². The molecule has 3 amide bonds. The zero-order valence-corrected chi connectivity index (χ0v) is 40.6. The summed E-state index contributed by atoms with van der Waals surface area (Å²) in [4.78, 5) is 52.7. The van der Waals surface area contributed by atoms with E-state index in [-0.39, 0.29) is 55.4 Å². The number of amides is 3. The summed E-state index contributed by atoms with van der Waals surface area (Å²) in [5.41, 5.74) is 0.345. The monoisotopic (exact) mass is 951 g/mol. The van der Waals surface area contributed by atoms with Crippen LogP contribution in [0.4, 0.5) is 9.59 Å². The highest BCUT2D eigenvalue weighted by atomic mass is 32.2. The van der Waals surface area contributed by atoms with Gasteiger partial charge in [0.1, 0.15) is 48.0 Å². The van der Waals surface area contributed by atoms with Gasteiger partial charge >= 0.3 is 18.2 Å². The maximum atomic E-state index is 12.9. The van der Waals surface area contributed by atoms with Crippen LogP contribution in [0.3, 0.4) is 0 Å². The predicted molar refractivity (Wildman–Crippen MR) is 243 cm³/mol. The average Bonchev–Trinajstić information content (AvgIpc) is 3.18. The van der Waals surface area contributed by atoms with Crippen molar-refractivity contribution in [3.63, 3.8) is 0 Å². The minimum absolute atomic E-state index is 0.0127. The number of alkyl carbamates (subject to hydrolysis) is 2. The topological polar surface area (TPSA) is 263 Å². The molecule has 362 valence electrons. The normalized spacial score (nSPS) is 12.5. The highest BCUT2D eigenvalue weighted by molar-refractivity contribution is 7.89. The second-order valence-electron chi connectivity index (χ2n) is 16.9. The summed E-state index contributed by atoms with van der Waals surface area (Å²) in [5.74, 6) is 9.80. The Bertz CT molecular complexity index is 2190. The van der Waals surface area contributed by atoms with Gasteiger partial charge < -0.3 is 34.7 Å². The molecule has 0 radical (unpaired) electrons. The molecule has 21 heteroatoms. The van der Waals surface area contributed by atoms with E-state index in [0.717, 1.165) is 0 Å². The van der Waals surface area contributed by atoms with Crippen molar-refractivity contribution < 1.29 is 64.9 Å². The van der Waals surface area contributed by atoms with Crippen molar-refractivity contribution in [2.45, 2.75) is 141 Å². The third-order valence-corrected chi connectivity index (χ3v) is 10.6. The molecule has 2 rings (SSSR count). The van der Waals surface area contributed by atoms with Gasteiger partial charge in [-0.1, -0.05) is 11.8 Å². The number of aliphatic carboxylic acids is 1. The van der Waals surface area contributed by atoms with E-state index >= 15 is 0 Å². The molecule has 0 fully saturated rings. The van der Waals surface area contributed by atoms with E-state index in [2.05, 4.69) is 49.2 Å². The van der Waals surface area contributed by atoms with Gasteiger partial charge in [-0.2, -0.15) is 9.44 Å². The summed E-state index contributed by atoms with van der Waals surface area (Å²) in [7, 11) is -8.09. The molecule has 2 aromatic carbocycles. The lowest BCUT2D eigenvalue weighted by Gasteiger charge is -2.23. The van der Waals surface area contributed by atoms with Crippen LogP contribution in [0, 0.1) is 23.7 Å². The van der Waals surface area contributed by atoms with Gasteiger partial charge in [0, 0.05) is 13.1 Å². The number of hydrogen-bond acceptors (Lipinski definition) is 13. The number of carbonyl (C=O) groups is 4. The number of nitrogens with one attached hydrogen (secondary N) is 5. The Morgan fingerprint density at radius 2 is 0.969 bits per heavy atom. The first-order valence-corrected chi connectivity index (χ1v) is 23.5. The van der Waals surface area contributed by atoms with Crippen LogP contribution in [0.1, 0.15) is 102 Å². The molecule has 0 saturated heterocycles. The quantitative estimate of drug-likeness (QED) is 0.0546. The lowest BCUT2D eigenvalue weighted by atomic mass is 10.1. The van der Waals surface area contributed by atoms with Crippen molar-refractivity contribution in [1.29, 1.82) is 0 Å². The zero-order valence-electron chi connectivity index (χ0n) is 39.0. The molecule has 2 aromatic rings. The Labute approximate surface area is 383 Å². The van der Waals surface area contributed by atoms with E-state index in [1.807, 2.05) is 0 Å². The maximum Gasteiger partial charge on any atom is 0.407 e. The molecule has 0 aliphatic rings. The Hall–Kier alpha value is -5.58. The number of carbonyl (C=O) groups excluding carboxylic acids is 3. The SMILES string of the molecule is CC#CCOc1ccc(S(=O)(=O)N[C@H](CCCNC(=O)OC(C)(C)C)C(=O)NOC(C)(C)C)cc1.CC#CCOc1ccc(S(=O)(=O)N[C@H](CCCNC(=O)OC(C)(C)C)C(=O)O)cc1. The van der Waals surface area contributed by atoms with Crippen molar-refractivity contribution in [3.05, 3.63) is 48.5 Å². The molecule has 65 heavy (non-hydrogen) atoms. The number of hydrogen-bond donors (Lipinski definition) is 6. The van der Waals surface area contributed by atoms with Crippen LogP contribution in [0.5, 0.6) is 11.5 Å². The van der Waals surface area contributed by atoms with E-state index in [1.54, 1.807) is 76.2 Å². The second-order valence-corrected chi connectivity index (χ2v) is 20.3. The van der Waals surface area contributed by atoms with Crippen molar-refractivity contribution >= 4 is 44.1 Å². The van der Waals surface area contributed by atoms with Gasteiger partial charge in [0.05, 0.1) is 15.4 Å². The van der Waals surface area contributed by atoms with Crippen molar-refractivity contribution in [2.75, 3.05) is 26.3 Å². The Balaban J connectivity index is 0.000000658. The average molecular weight is 952 g/mol. The summed E-state index contributed by atoms with van der Waals surface area (Å²) in [6.45, 7) is 19.7. The number of hydroxylamine groups is 1. The summed E-state index contributed by atoms with van der Waals surface area (Å²) in [5, 5.41) is 14.4. The molecular formula is C44H65N5O14S2. The first-order valence-electron chi connectivity index (χ1n) is 20.5. The van der Waals surface area contributed by atoms with E-state index < -0.39 is 73.0 Å². The molecule has 0 bridgehead atoms. The van der Waals surface area contributed by atoms with Gasteiger partial charge in [-0.25, -0.2) is 31.9 Å². The summed E-state index contributed by atoms with van der Waals surface area (Å²) in [6, 6.07) is 8.86. The minimum atomic E-state index is -4.05. The predicted octanol–water partition coefficient (Wildman–Crippen LogP) is 5.01. The fourth-order valence-electron chi connectivity index (χ4n) is 4.70. The molecule has 6 N–H and O–H groups in total. The molecule has 2 atom stereocenters. The van der Waals surface area contributed by atoms with Gasteiger partial charge in [0.15, 0.2) is 0 Å². The molecule has 0 saturated carbocycles.